The fraction of sp³-hybridized carbons (Fsp3) is 0.0455. The molecule has 0 spiro atoms. The van der Waals surface area contributed by atoms with Gasteiger partial charge in [-0.2, -0.15) is 0 Å². The summed E-state index contributed by atoms with van der Waals surface area (Å²) in [4.78, 5) is 14.3. The Morgan fingerprint density at radius 2 is 0.814 bits per heavy atom. The van der Waals surface area contributed by atoms with Gasteiger partial charge in [0.2, 0.25) is 0 Å². The maximum Gasteiger partial charge on any atom is 0.0900 e. The van der Waals surface area contributed by atoms with E-state index >= 15 is 0 Å². The molecule has 330 valence electrons. The van der Waals surface area contributed by atoms with Crippen molar-refractivity contribution in [1.29, 1.82) is 0 Å². The molecule has 0 saturated heterocycles. The van der Waals surface area contributed by atoms with Gasteiger partial charge < -0.3 is 4.57 Å². The molecular weight excluding hydrogens is 849 g/mol. The average molecular weight is 895 g/mol. The van der Waals surface area contributed by atoms with Crippen LogP contribution in [0.1, 0.15) is 25.0 Å². The molecule has 70 heavy (non-hydrogen) atoms. The Kier molecular flexibility index (Phi) is 9.81. The van der Waals surface area contributed by atoms with Crippen molar-refractivity contribution in [3.8, 4) is 95.2 Å². The van der Waals surface area contributed by atoms with Crippen molar-refractivity contribution < 1.29 is 0 Å². The van der Waals surface area contributed by atoms with Gasteiger partial charge in [-0.15, -0.1) is 0 Å². The number of aromatic nitrogens is 4. The largest absolute Gasteiger partial charge is 0.309 e. The lowest BCUT2D eigenvalue weighted by molar-refractivity contribution is 0.660. The van der Waals surface area contributed by atoms with Crippen molar-refractivity contribution in [3.05, 3.63) is 254 Å². The summed E-state index contributed by atoms with van der Waals surface area (Å²) in [6.45, 7) is 4.69. The zero-order chi connectivity index (χ0) is 46.8. The van der Waals surface area contributed by atoms with Gasteiger partial charge in [0.25, 0.3) is 0 Å². The zero-order valence-electron chi connectivity index (χ0n) is 38.9. The van der Waals surface area contributed by atoms with Crippen molar-refractivity contribution >= 4 is 21.8 Å². The van der Waals surface area contributed by atoms with Crippen LogP contribution in [-0.4, -0.2) is 19.5 Å². The number of fused-ring (bicyclic) bond motifs is 6. The van der Waals surface area contributed by atoms with Gasteiger partial charge in [-0.3, -0.25) is 9.97 Å². The molecule has 1 aliphatic rings. The molecule has 8 aromatic carbocycles. The van der Waals surface area contributed by atoms with Crippen LogP contribution in [0.2, 0.25) is 0 Å². The molecule has 0 aliphatic heterocycles. The molecule has 0 fully saturated rings. The van der Waals surface area contributed by atoms with Crippen molar-refractivity contribution in [1.82, 2.24) is 19.5 Å². The van der Waals surface area contributed by atoms with E-state index in [4.69, 9.17) is 4.98 Å². The van der Waals surface area contributed by atoms with Crippen molar-refractivity contribution in [2.45, 2.75) is 19.3 Å². The summed E-state index contributed by atoms with van der Waals surface area (Å²) < 4.78 is 2.47. The highest BCUT2D eigenvalue weighted by Gasteiger charge is 2.35. The average Bonchev–Trinajstić information content (AvgIpc) is 3.88. The first-order valence-electron chi connectivity index (χ1n) is 24.0. The molecule has 4 nitrogen and oxygen atoms in total. The topological polar surface area (TPSA) is 43.6 Å². The number of benzene rings is 8. The Hall–Kier alpha value is -8.99. The molecule has 0 radical (unpaired) electrons. The molecule has 4 heterocycles. The summed E-state index contributed by atoms with van der Waals surface area (Å²) in [5, 5.41) is 2.42. The van der Waals surface area contributed by atoms with Crippen LogP contribution in [0.4, 0.5) is 0 Å². The predicted molar refractivity (Wildman–Crippen MR) is 290 cm³/mol. The first kappa shape index (κ1) is 41.2. The molecule has 0 unspecified atom stereocenters. The van der Waals surface area contributed by atoms with Gasteiger partial charge in [-0.05, 0) is 157 Å². The Morgan fingerprint density at radius 3 is 1.46 bits per heavy atom. The lowest BCUT2D eigenvalue weighted by atomic mass is 9.82. The van der Waals surface area contributed by atoms with E-state index in [0.29, 0.717) is 0 Å². The number of rotatable bonds is 8. The summed E-state index contributed by atoms with van der Waals surface area (Å²) in [5.74, 6) is 0. The normalized spacial score (nSPS) is 12.5. The van der Waals surface area contributed by atoms with E-state index < -0.39 is 0 Å². The van der Waals surface area contributed by atoms with Crippen LogP contribution in [0.5, 0.6) is 0 Å². The summed E-state index contributed by atoms with van der Waals surface area (Å²) in [6, 6.07) is 83.5. The van der Waals surface area contributed by atoms with E-state index in [1.54, 1.807) is 0 Å². The fourth-order valence-electron chi connectivity index (χ4n) is 10.7. The number of nitrogens with zero attached hydrogens (tertiary/aromatic N) is 4. The third-order valence-corrected chi connectivity index (χ3v) is 14.3. The van der Waals surface area contributed by atoms with E-state index in [1.165, 1.54) is 66.4 Å². The summed E-state index contributed by atoms with van der Waals surface area (Å²) in [7, 11) is 0. The Morgan fingerprint density at radius 1 is 0.314 bits per heavy atom. The number of hydrogen-bond donors (Lipinski definition) is 0. The fourth-order valence-corrected chi connectivity index (χ4v) is 10.7. The molecule has 0 N–H and O–H groups in total. The van der Waals surface area contributed by atoms with E-state index in [9.17, 15) is 0 Å². The molecular formula is C66H46N4. The van der Waals surface area contributed by atoms with Gasteiger partial charge in [0.15, 0.2) is 0 Å². The molecule has 0 atom stereocenters. The van der Waals surface area contributed by atoms with Crippen LogP contribution in [0, 0.1) is 0 Å². The minimum atomic E-state index is -0.0427. The van der Waals surface area contributed by atoms with Crippen LogP contribution in [0.3, 0.4) is 0 Å². The van der Waals surface area contributed by atoms with Gasteiger partial charge in [0.05, 0.1) is 33.8 Å². The third-order valence-electron chi connectivity index (χ3n) is 14.3. The molecule has 12 aromatic rings. The van der Waals surface area contributed by atoms with Gasteiger partial charge in [-0.25, -0.2) is 4.98 Å². The van der Waals surface area contributed by atoms with Crippen LogP contribution in [0.25, 0.3) is 117 Å². The Labute approximate surface area is 407 Å². The monoisotopic (exact) mass is 894 g/mol. The van der Waals surface area contributed by atoms with Gasteiger partial charge in [0, 0.05) is 34.3 Å². The summed E-state index contributed by atoms with van der Waals surface area (Å²) in [5.41, 5.74) is 23.6. The third kappa shape index (κ3) is 7.12. The summed E-state index contributed by atoms with van der Waals surface area (Å²) in [6.07, 6.45) is 3.62. The lowest BCUT2D eigenvalue weighted by Crippen LogP contribution is -2.14. The first-order valence-corrected chi connectivity index (χ1v) is 24.0. The smallest absolute Gasteiger partial charge is 0.0900 e. The van der Waals surface area contributed by atoms with Crippen LogP contribution >= 0.6 is 0 Å². The Bertz CT molecular complexity index is 3820. The SMILES string of the molecule is CC1(C)c2ccccc2-c2cc(-c3ccc4c(c3)c3ccc(-c5ccc(-c6cc(-c7ccccn7)nc(-c7ccccn7)c6)cc5)cc3n4-c3cc(-c4ccccc4)cc(-c4ccccc4)c3)ccc21. The lowest BCUT2D eigenvalue weighted by Gasteiger charge is -2.21. The maximum atomic E-state index is 5.01. The molecule has 4 aromatic heterocycles. The second-order valence-electron chi connectivity index (χ2n) is 18.9. The van der Waals surface area contributed by atoms with E-state index in [1.807, 2.05) is 48.8 Å². The second-order valence-corrected chi connectivity index (χ2v) is 18.9. The van der Waals surface area contributed by atoms with Crippen molar-refractivity contribution in [2.75, 3.05) is 0 Å². The quantitative estimate of drug-likeness (QED) is 0.153. The molecule has 13 rings (SSSR count). The molecule has 4 heteroatoms. The molecule has 0 saturated carbocycles. The van der Waals surface area contributed by atoms with Gasteiger partial charge in [0.1, 0.15) is 0 Å². The van der Waals surface area contributed by atoms with Gasteiger partial charge >= 0.3 is 0 Å². The minimum absolute atomic E-state index is 0.0427. The van der Waals surface area contributed by atoms with E-state index in [2.05, 4.69) is 223 Å². The molecule has 0 amide bonds. The van der Waals surface area contributed by atoms with Crippen molar-refractivity contribution in [3.63, 3.8) is 0 Å². The predicted octanol–water partition coefficient (Wildman–Crippen LogP) is 16.9. The highest BCUT2D eigenvalue weighted by molar-refractivity contribution is 6.11. The van der Waals surface area contributed by atoms with Crippen LogP contribution in [0.15, 0.2) is 243 Å². The second kappa shape index (κ2) is 16.7. The minimum Gasteiger partial charge on any atom is -0.309 e. The molecule has 1 aliphatic carbocycles. The van der Waals surface area contributed by atoms with E-state index in [-0.39, 0.29) is 5.41 Å². The highest BCUT2D eigenvalue weighted by Crippen LogP contribution is 2.50. The summed E-state index contributed by atoms with van der Waals surface area (Å²) >= 11 is 0. The van der Waals surface area contributed by atoms with Crippen molar-refractivity contribution in [2.24, 2.45) is 0 Å². The van der Waals surface area contributed by atoms with E-state index in [0.717, 1.165) is 61.8 Å². The van der Waals surface area contributed by atoms with Crippen LogP contribution in [-0.2, 0) is 5.41 Å². The standard InChI is InChI=1S/C66H46N4/c1-66(2)58-20-10-9-19-54(58)56-38-47(28-31-59(56)66)48-29-32-64-57(39-48)55-30-27-49(42-65(55)70(64)53-36-50(43-15-5-3-6-16-43)35-51(37-53)44-17-7-4-8-18-44)45-23-25-46(26-24-45)52-40-62(60-21-11-13-33-67-60)69-63(41-52)61-22-12-14-34-68-61/h3-42H,1-2H3. The zero-order valence-corrected chi connectivity index (χ0v) is 38.9. The first-order chi connectivity index (χ1) is 34.4. The molecule has 0 bridgehead atoms. The van der Waals surface area contributed by atoms with Crippen LogP contribution < -0.4 is 0 Å². The van der Waals surface area contributed by atoms with Gasteiger partial charge in [-0.1, -0.05) is 166 Å². The number of hydrogen-bond acceptors (Lipinski definition) is 3. The number of pyridine rings is 3. The maximum absolute atomic E-state index is 5.01. The highest BCUT2D eigenvalue weighted by atomic mass is 15.0. The Balaban J connectivity index is 0.971.